The highest BCUT2D eigenvalue weighted by Gasteiger charge is 2.35. The number of amides is 1. The van der Waals surface area contributed by atoms with Crippen LogP contribution in [0.4, 0.5) is 5.69 Å². The summed E-state index contributed by atoms with van der Waals surface area (Å²) in [6, 6.07) is 13.4. The summed E-state index contributed by atoms with van der Waals surface area (Å²) in [6.45, 7) is 2.02. The van der Waals surface area contributed by atoms with Gasteiger partial charge in [0, 0.05) is 21.3 Å². The maximum Gasteiger partial charge on any atom is 0.238 e. The molecule has 0 N–H and O–H groups in total. The van der Waals surface area contributed by atoms with Crippen LogP contribution in [0.3, 0.4) is 0 Å². The summed E-state index contributed by atoms with van der Waals surface area (Å²) in [5.74, 6) is 0.555. The van der Waals surface area contributed by atoms with Gasteiger partial charge < -0.3 is 0 Å². The van der Waals surface area contributed by atoms with Gasteiger partial charge in [0.05, 0.1) is 5.75 Å². The van der Waals surface area contributed by atoms with Gasteiger partial charge >= 0.3 is 0 Å². The molecule has 2 aromatic carbocycles. The van der Waals surface area contributed by atoms with E-state index in [0.29, 0.717) is 15.8 Å². The van der Waals surface area contributed by atoms with Gasteiger partial charge in [-0.3, -0.25) is 9.69 Å². The lowest BCUT2D eigenvalue weighted by molar-refractivity contribution is -0.115. The van der Waals surface area contributed by atoms with Crippen molar-refractivity contribution < 1.29 is 4.79 Å². The third kappa shape index (κ3) is 2.91. The molecule has 0 aromatic heterocycles. The van der Waals surface area contributed by atoms with Gasteiger partial charge in [-0.15, -0.1) is 11.8 Å². The maximum atomic E-state index is 12.3. The lowest BCUT2D eigenvalue weighted by Crippen LogP contribution is -2.27. The van der Waals surface area contributed by atoms with Crippen molar-refractivity contribution in [3.05, 3.63) is 63.6 Å². The Balaban J connectivity index is 2.03. The van der Waals surface area contributed by atoms with Gasteiger partial charge in [0.1, 0.15) is 5.37 Å². The third-order valence-corrected chi connectivity index (χ3v) is 5.13. The monoisotopic (exact) mass is 337 g/mol. The van der Waals surface area contributed by atoms with E-state index in [-0.39, 0.29) is 11.3 Å². The molecule has 1 atom stereocenters. The molecule has 0 spiro atoms. The molecule has 1 saturated heterocycles. The predicted octanol–water partition coefficient (Wildman–Crippen LogP) is 5.08. The highest BCUT2D eigenvalue weighted by Crippen LogP contribution is 2.44. The Morgan fingerprint density at radius 3 is 2.71 bits per heavy atom. The molecule has 21 heavy (non-hydrogen) atoms. The molecule has 5 heteroatoms. The number of anilines is 1. The van der Waals surface area contributed by atoms with Crippen LogP contribution in [0.1, 0.15) is 16.5 Å². The van der Waals surface area contributed by atoms with Gasteiger partial charge in [-0.1, -0.05) is 41.4 Å². The Morgan fingerprint density at radius 2 is 2.00 bits per heavy atom. The van der Waals surface area contributed by atoms with Gasteiger partial charge in [0.25, 0.3) is 0 Å². The zero-order valence-corrected chi connectivity index (χ0v) is 13.7. The van der Waals surface area contributed by atoms with Crippen molar-refractivity contribution >= 4 is 46.6 Å². The van der Waals surface area contributed by atoms with Gasteiger partial charge in [0.15, 0.2) is 0 Å². The minimum Gasteiger partial charge on any atom is -0.295 e. The Hall–Kier alpha value is -1.16. The standard InChI is InChI=1S/C16H13Cl2NOS/c1-10-3-2-4-12(7-10)19-15(20)9-21-16(19)13-6-5-11(17)8-14(13)18/h2-8,16H,9H2,1H3. The first-order valence-electron chi connectivity index (χ1n) is 6.51. The molecule has 2 aromatic rings. The van der Waals surface area contributed by atoms with Crippen LogP contribution in [0.25, 0.3) is 0 Å². The van der Waals surface area contributed by atoms with Crippen LogP contribution >= 0.6 is 35.0 Å². The molecule has 1 fully saturated rings. The van der Waals surface area contributed by atoms with Crippen LogP contribution in [0.5, 0.6) is 0 Å². The average Bonchev–Trinajstić information content (AvgIpc) is 2.80. The molecular formula is C16H13Cl2NOS. The fourth-order valence-electron chi connectivity index (χ4n) is 2.41. The van der Waals surface area contributed by atoms with Gasteiger partial charge in [0.2, 0.25) is 5.91 Å². The number of carbonyl (C=O) groups is 1. The van der Waals surface area contributed by atoms with Crippen molar-refractivity contribution in [2.75, 3.05) is 10.7 Å². The molecule has 1 aliphatic rings. The Kier molecular flexibility index (Phi) is 4.16. The van der Waals surface area contributed by atoms with Gasteiger partial charge in [-0.05, 0) is 36.8 Å². The van der Waals surface area contributed by atoms with E-state index in [2.05, 4.69) is 0 Å². The number of carbonyl (C=O) groups excluding carboxylic acids is 1. The first-order valence-corrected chi connectivity index (χ1v) is 8.32. The molecule has 0 aliphatic carbocycles. The van der Waals surface area contributed by atoms with Crippen molar-refractivity contribution in [2.45, 2.75) is 12.3 Å². The summed E-state index contributed by atoms with van der Waals surface area (Å²) in [5.41, 5.74) is 2.94. The molecular weight excluding hydrogens is 325 g/mol. The number of benzene rings is 2. The highest BCUT2D eigenvalue weighted by atomic mass is 35.5. The number of halogens is 2. The van der Waals surface area contributed by atoms with Crippen LogP contribution in [0, 0.1) is 6.92 Å². The first kappa shape index (κ1) is 14.8. The number of thioether (sulfide) groups is 1. The number of hydrogen-bond acceptors (Lipinski definition) is 2. The van der Waals surface area contributed by atoms with E-state index in [1.807, 2.05) is 42.2 Å². The number of rotatable bonds is 2. The molecule has 108 valence electrons. The van der Waals surface area contributed by atoms with Crippen LogP contribution in [-0.4, -0.2) is 11.7 Å². The SMILES string of the molecule is Cc1cccc(N2C(=O)CSC2c2ccc(Cl)cc2Cl)c1. The number of nitrogens with zero attached hydrogens (tertiary/aromatic N) is 1. The second-order valence-electron chi connectivity index (χ2n) is 4.93. The normalized spacial score (nSPS) is 18.3. The van der Waals surface area contributed by atoms with Crippen LogP contribution in [0.2, 0.25) is 10.0 Å². The molecule has 3 rings (SSSR count). The average molecular weight is 338 g/mol. The summed E-state index contributed by atoms with van der Waals surface area (Å²) in [4.78, 5) is 14.1. The zero-order valence-electron chi connectivity index (χ0n) is 11.3. The van der Waals surface area contributed by atoms with E-state index < -0.39 is 0 Å². The van der Waals surface area contributed by atoms with Crippen molar-refractivity contribution in [3.63, 3.8) is 0 Å². The molecule has 1 heterocycles. The van der Waals surface area contributed by atoms with E-state index in [1.54, 1.807) is 23.9 Å². The first-order chi connectivity index (χ1) is 10.1. The molecule has 1 aliphatic heterocycles. The summed E-state index contributed by atoms with van der Waals surface area (Å²) in [5, 5.41) is 1.08. The zero-order chi connectivity index (χ0) is 15.0. The number of hydrogen-bond donors (Lipinski definition) is 0. The van der Waals surface area contributed by atoms with Crippen molar-refractivity contribution in [3.8, 4) is 0 Å². The molecule has 1 amide bonds. The summed E-state index contributed by atoms with van der Waals surface area (Å²) in [6.07, 6.45) is 0. The van der Waals surface area contributed by atoms with Crippen molar-refractivity contribution in [1.29, 1.82) is 0 Å². The van der Waals surface area contributed by atoms with E-state index in [4.69, 9.17) is 23.2 Å². The molecule has 0 saturated carbocycles. The quantitative estimate of drug-likeness (QED) is 0.761. The summed E-state index contributed by atoms with van der Waals surface area (Å²) >= 11 is 13.8. The minimum atomic E-state index is -0.107. The lowest BCUT2D eigenvalue weighted by Gasteiger charge is -2.25. The summed E-state index contributed by atoms with van der Waals surface area (Å²) in [7, 11) is 0. The third-order valence-electron chi connectivity index (χ3n) is 3.38. The smallest absolute Gasteiger partial charge is 0.238 e. The van der Waals surface area contributed by atoms with Crippen LogP contribution in [-0.2, 0) is 4.79 Å². The minimum absolute atomic E-state index is 0.0987. The van der Waals surface area contributed by atoms with E-state index >= 15 is 0 Å². The van der Waals surface area contributed by atoms with E-state index in [1.165, 1.54) is 0 Å². The molecule has 0 radical (unpaired) electrons. The fourth-order valence-corrected chi connectivity index (χ4v) is 4.20. The lowest BCUT2D eigenvalue weighted by atomic mass is 10.1. The second-order valence-corrected chi connectivity index (χ2v) is 6.84. The number of aryl methyl sites for hydroxylation is 1. The van der Waals surface area contributed by atoms with Gasteiger partial charge in [-0.25, -0.2) is 0 Å². The molecule has 2 nitrogen and oxygen atoms in total. The predicted molar refractivity (Wildman–Crippen MR) is 90.3 cm³/mol. The Bertz CT molecular complexity index is 704. The topological polar surface area (TPSA) is 20.3 Å². The van der Waals surface area contributed by atoms with Crippen LogP contribution in [0.15, 0.2) is 42.5 Å². The highest BCUT2D eigenvalue weighted by molar-refractivity contribution is 8.00. The second kappa shape index (κ2) is 5.91. The van der Waals surface area contributed by atoms with Gasteiger partial charge in [-0.2, -0.15) is 0 Å². The van der Waals surface area contributed by atoms with E-state index in [0.717, 1.165) is 16.8 Å². The fraction of sp³-hybridized carbons (Fsp3) is 0.188. The van der Waals surface area contributed by atoms with E-state index in [9.17, 15) is 4.79 Å². The largest absolute Gasteiger partial charge is 0.295 e. The molecule has 1 unspecified atom stereocenters. The van der Waals surface area contributed by atoms with Crippen LogP contribution < -0.4 is 4.90 Å². The summed E-state index contributed by atoms with van der Waals surface area (Å²) < 4.78 is 0. The van der Waals surface area contributed by atoms with Crippen molar-refractivity contribution in [2.24, 2.45) is 0 Å². The maximum absolute atomic E-state index is 12.3. The van der Waals surface area contributed by atoms with Crippen molar-refractivity contribution in [1.82, 2.24) is 0 Å². The Morgan fingerprint density at radius 1 is 1.19 bits per heavy atom. The Labute approximate surface area is 138 Å². The molecule has 0 bridgehead atoms.